The zero-order valence-electron chi connectivity index (χ0n) is 7.91. The van der Waals surface area contributed by atoms with E-state index in [2.05, 4.69) is 23.6 Å². The van der Waals surface area contributed by atoms with E-state index in [1.165, 1.54) is 4.21 Å². The van der Waals surface area contributed by atoms with Gasteiger partial charge < -0.3 is 0 Å². The molecule has 0 spiro atoms. The van der Waals surface area contributed by atoms with Gasteiger partial charge in [-0.3, -0.25) is 0 Å². The zero-order chi connectivity index (χ0) is 9.73. The van der Waals surface area contributed by atoms with Gasteiger partial charge in [-0.25, -0.2) is 0 Å². The monoisotopic (exact) mass is 211 g/mol. The first kappa shape index (κ1) is 10.6. The average molecular weight is 211 g/mol. The average Bonchev–Trinajstić information content (AvgIpc) is 2.57. The summed E-state index contributed by atoms with van der Waals surface area (Å²) >= 11 is 3.60. The maximum atomic E-state index is 8.79. The third-order valence-corrected chi connectivity index (χ3v) is 3.90. The fourth-order valence-corrected chi connectivity index (χ4v) is 2.93. The molecule has 0 atom stereocenters. The van der Waals surface area contributed by atoms with Crippen LogP contribution in [0.3, 0.4) is 0 Å². The molecule has 0 radical (unpaired) electrons. The molecule has 1 aromatic heterocycles. The van der Waals surface area contributed by atoms with Crippen molar-refractivity contribution in [2.45, 2.75) is 24.5 Å². The highest BCUT2D eigenvalue weighted by Crippen LogP contribution is 2.28. The normalized spacial score (nSPS) is 11.2. The lowest BCUT2D eigenvalue weighted by atomic mass is 9.93. The Bertz CT molecular complexity index is 282. The summed E-state index contributed by atoms with van der Waals surface area (Å²) in [5.41, 5.74) is -0.176. The summed E-state index contributed by atoms with van der Waals surface area (Å²) in [6.07, 6.45) is 0.950. The lowest BCUT2D eigenvalue weighted by Gasteiger charge is -2.13. The second-order valence-corrected chi connectivity index (χ2v) is 5.87. The molecule has 0 saturated carbocycles. The van der Waals surface area contributed by atoms with Crippen LogP contribution in [0.4, 0.5) is 0 Å². The van der Waals surface area contributed by atoms with Gasteiger partial charge in [-0.2, -0.15) is 5.26 Å². The molecule has 1 rings (SSSR count). The fourth-order valence-electron chi connectivity index (χ4n) is 0.808. The van der Waals surface area contributed by atoms with Crippen molar-refractivity contribution < 1.29 is 0 Å². The van der Waals surface area contributed by atoms with Crippen LogP contribution in [0.1, 0.15) is 20.3 Å². The molecule has 0 aromatic carbocycles. The van der Waals surface area contributed by atoms with Crippen molar-refractivity contribution in [2.75, 3.05) is 5.75 Å². The Kier molecular flexibility index (Phi) is 3.83. The second-order valence-electron chi connectivity index (χ2n) is 3.53. The number of nitriles is 1. The van der Waals surface area contributed by atoms with Crippen LogP contribution in [-0.4, -0.2) is 5.75 Å². The number of hydrogen-bond donors (Lipinski definition) is 0. The molecule has 0 aliphatic carbocycles. The Hall–Kier alpha value is -0.460. The second kappa shape index (κ2) is 4.69. The first-order chi connectivity index (χ1) is 6.14. The minimum atomic E-state index is -0.176. The smallest absolute Gasteiger partial charge is 0.0684 e. The topological polar surface area (TPSA) is 23.8 Å². The number of thiophene rings is 1. The van der Waals surface area contributed by atoms with E-state index in [1.54, 1.807) is 11.3 Å². The third kappa shape index (κ3) is 3.84. The maximum absolute atomic E-state index is 8.79. The summed E-state index contributed by atoms with van der Waals surface area (Å²) in [5.74, 6) is 1.03. The molecular formula is C10H13NS2. The SMILES string of the molecule is CC(C)(C#N)CCSc1cccs1. The summed E-state index contributed by atoms with van der Waals surface area (Å²) in [6, 6.07) is 6.49. The quantitative estimate of drug-likeness (QED) is 0.708. The van der Waals surface area contributed by atoms with Crippen LogP contribution in [0.25, 0.3) is 0 Å². The molecule has 0 fully saturated rings. The Morgan fingerprint density at radius 1 is 1.62 bits per heavy atom. The first-order valence-electron chi connectivity index (χ1n) is 4.22. The molecule has 0 aliphatic heterocycles. The van der Waals surface area contributed by atoms with Crippen molar-refractivity contribution in [2.24, 2.45) is 5.41 Å². The minimum absolute atomic E-state index is 0.176. The van der Waals surface area contributed by atoms with Crippen LogP contribution >= 0.6 is 23.1 Å². The Morgan fingerprint density at radius 3 is 2.92 bits per heavy atom. The van der Waals surface area contributed by atoms with Crippen molar-refractivity contribution >= 4 is 23.1 Å². The van der Waals surface area contributed by atoms with Gasteiger partial charge >= 0.3 is 0 Å². The van der Waals surface area contributed by atoms with Gasteiger partial charge in [0.05, 0.1) is 15.7 Å². The molecule has 0 unspecified atom stereocenters. The molecule has 0 bridgehead atoms. The van der Waals surface area contributed by atoms with Crippen LogP contribution in [0.5, 0.6) is 0 Å². The molecule has 70 valence electrons. The van der Waals surface area contributed by atoms with E-state index in [1.807, 2.05) is 25.6 Å². The summed E-state index contributed by atoms with van der Waals surface area (Å²) in [6.45, 7) is 3.98. The summed E-state index contributed by atoms with van der Waals surface area (Å²) < 4.78 is 1.34. The molecular weight excluding hydrogens is 198 g/mol. The van der Waals surface area contributed by atoms with Crippen molar-refractivity contribution in [3.05, 3.63) is 17.5 Å². The Balaban J connectivity index is 2.26. The van der Waals surface area contributed by atoms with Gasteiger partial charge in [-0.15, -0.1) is 23.1 Å². The molecule has 0 aliphatic rings. The fraction of sp³-hybridized carbons (Fsp3) is 0.500. The first-order valence-corrected chi connectivity index (χ1v) is 6.08. The predicted molar refractivity (Wildman–Crippen MR) is 59.1 cm³/mol. The van der Waals surface area contributed by atoms with Gasteiger partial charge in [0.1, 0.15) is 0 Å². The molecule has 0 saturated heterocycles. The lowest BCUT2D eigenvalue weighted by molar-refractivity contribution is 0.482. The molecule has 0 N–H and O–H groups in total. The van der Waals surface area contributed by atoms with Gasteiger partial charge in [0.2, 0.25) is 0 Å². The van der Waals surface area contributed by atoms with E-state index in [4.69, 9.17) is 5.26 Å². The van der Waals surface area contributed by atoms with Gasteiger partial charge in [0.25, 0.3) is 0 Å². The predicted octanol–water partition coefficient (Wildman–Crippen LogP) is 3.78. The lowest BCUT2D eigenvalue weighted by Crippen LogP contribution is -2.08. The summed E-state index contributed by atoms with van der Waals surface area (Å²) in [5, 5.41) is 10.9. The van der Waals surface area contributed by atoms with Crippen LogP contribution in [0.15, 0.2) is 21.7 Å². The Labute approximate surface area is 87.8 Å². The van der Waals surface area contributed by atoms with Crippen LogP contribution in [0.2, 0.25) is 0 Å². The maximum Gasteiger partial charge on any atom is 0.0684 e. The number of hydrogen-bond acceptors (Lipinski definition) is 3. The third-order valence-electron chi connectivity index (χ3n) is 1.77. The molecule has 13 heavy (non-hydrogen) atoms. The Morgan fingerprint density at radius 2 is 2.38 bits per heavy atom. The van der Waals surface area contributed by atoms with Gasteiger partial charge in [0, 0.05) is 5.75 Å². The highest BCUT2D eigenvalue weighted by atomic mass is 32.2. The molecule has 3 heteroatoms. The van der Waals surface area contributed by atoms with Crippen molar-refractivity contribution in [3.63, 3.8) is 0 Å². The highest BCUT2D eigenvalue weighted by molar-refractivity contribution is 8.01. The molecule has 1 nitrogen and oxygen atoms in total. The number of nitrogens with zero attached hydrogens (tertiary/aromatic N) is 1. The largest absolute Gasteiger partial charge is 0.198 e. The van der Waals surface area contributed by atoms with Gasteiger partial charge in [-0.05, 0) is 31.7 Å². The molecule has 1 heterocycles. The van der Waals surface area contributed by atoms with E-state index in [0.717, 1.165) is 12.2 Å². The van der Waals surface area contributed by atoms with E-state index in [0.29, 0.717) is 0 Å². The van der Waals surface area contributed by atoms with Crippen LogP contribution in [0, 0.1) is 16.7 Å². The van der Waals surface area contributed by atoms with Gasteiger partial charge in [-0.1, -0.05) is 6.07 Å². The van der Waals surface area contributed by atoms with Crippen molar-refractivity contribution in [1.29, 1.82) is 5.26 Å². The van der Waals surface area contributed by atoms with E-state index in [-0.39, 0.29) is 5.41 Å². The van der Waals surface area contributed by atoms with Crippen LogP contribution in [-0.2, 0) is 0 Å². The zero-order valence-corrected chi connectivity index (χ0v) is 9.54. The highest BCUT2D eigenvalue weighted by Gasteiger charge is 2.15. The van der Waals surface area contributed by atoms with Crippen molar-refractivity contribution in [3.8, 4) is 6.07 Å². The van der Waals surface area contributed by atoms with Crippen molar-refractivity contribution in [1.82, 2.24) is 0 Å². The molecule has 0 amide bonds. The number of rotatable bonds is 4. The van der Waals surface area contributed by atoms with E-state index >= 15 is 0 Å². The summed E-state index contributed by atoms with van der Waals surface area (Å²) in [4.78, 5) is 0. The van der Waals surface area contributed by atoms with Crippen LogP contribution < -0.4 is 0 Å². The van der Waals surface area contributed by atoms with E-state index in [9.17, 15) is 0 Å². The van der Waals surface area contributed by atoms with Gasteiger partial charge in [0.15, 0.2) is 0 Å². The summed E-state index contributed by atoms with van der Waals surface area (Å²) in [7, 11) is 0. The standard InChI is InChI=1S/C10H13NS2/c1-10(2,8-11)5-7-13-9-4-3-6-12-9/h3-4,6H,5,7H2,1-2H3. The molecule has 1 aromatic rings. The number of thioether (sulfide) groups is 1. The minimum Gasteiger partial charge on any atom is -0.198 e. The van der Waals surface area contributed by atoms with E-state index < -0.39 is 0 Å².